The van der Waals surface area contributed by atoms with E-state index in [1.165, 1.54) is 11.8 Å². The van der Waals surface area contributed by atoms with Crippen molar-refractivity contribution >= 4 is 34.8 Å². The molecule has 1 amide bonds. The van der Waals surface area contributed by atoms with E-state index in [1.54, 1.807) is 17.8 Å². The molecule has 0 spiro atoms. The van der Waals surface area contributed by atoms with E-state index in [1.807, 2.05) is 53.2 Å². The molecule has 5 rings (SSSR count). The highest BCUT2D eigenvalue weighted by molar-refractivity contribution is 5.90. The molecule has 34 heavy (non-hydrogen) atoms. The Morgan fingerprint density at radius 1 is 1.06 bits per heavy atom. The SMILES string of the molecule is O=C(/C=C/c1ccc(-c2cn3ccnc3c(Nc3ccc(N4CCOCC4)cc3)n2)cc1)NO. The standard InChI is InChI=1S/C25H24N6O3/c32-23(29-33)10-3-18-1-4-19(5-2-18)22-17-31-12-11-26-25(31)24(28-22)27-20-6-8-21(9-7-20)30-13-15-34-16-14-30/h1-12,17,33H,13-16H2,(H,27,28)(H,29,32)/b10-3+. The third-order valence-corrected chi connectivity index (χ3v) is 5.62. The lowest BCUT2D eigenvalue weighted by atomic mass is 10.1. The van der Waals surface area contributed by atoms with Gasteiger partial charge in [-0.3, -0.25) is 10.0 Å². The second kappa shape index (κ2) is 9.74. The molecule has 0 atom stereocenters. The van der Waals surface area contributed by atoms with Crippen molar-refractivity contribution in [1.82, 2.24) is 19.8 Å². The largest absolute Gasteiger partial charge is 0.378 e. The Hall–Kier alpha value is -4.21. The number of fused-ring (bicyclic) bond motifs is 1. The van der Waals surface area contributed by atoms with Crippen molar-refractivity contribution in [2.45, 2.75) is 0 Å². The molecule has 9 heteroatoms. The molecular formula is C25H24N6O3. The van der Waals surface area contributed by atoms with Gasteiger partial charge in [0.25, 0.3) is 5.91 Å². The Morgan fingerprint density at radius 3 is 2.56 bits per heavy atom. The van der Waals surface area contributed by atoms with Crippen molar-refractivity contribution in [2.24, 2.45) is 0 Å². The second-order valence-electron chi connectivity index (χ2n) is 7.84. The third-order valence-electron chi connectivity index (χ3n) is 5.62. The van der Waals surface area contributed by atoms with Gasteiger partial charge in [0, 0.05) is 54.7 Å². The van der Waals surface area contributed by atoms with Crippen molar-refractivity contribution < 1.29 is 14.7 Å². The summed E-state index contributed by atoms with van der Waals surface area (Å²) in [6, 6.07) is 15.9. The van der Waals surface area contributed by atoms with Crippen LogP contribution in [0.4, 0.5) is 17.2 Å². The summed E-state index contributed by atoms with van der Waals surface area (Å²) in [5, 5.41) is 12.0. The quantitative estimate of drug-likeness (QED) is 0.232. The molecule has 2 aromatic carbocycles. The number of hydrogen-bond donors (Lipinski definition) is 3. The van der Waals surface area contributed by atoms with Gasteiger partial charge in [-0.2, -0.15) is 0 Å². The number of anilines is 3. The zero-order chi connectivity index (χ0) is 23.3. The number of ether oxygens (including phenoxy) is 1. The molecule has 1 saturated heterocycles. The Balaban J connectivity index is 1.39. The molecule has 1 aliphatic rings. The highest BCUT2D eigenvalue weighted by atomic mass is 16.5. The smallest absolute Gasteiger partial charge is 0.267 e. The van der Waals surface area contributed by atoms with Gasteiger partial charge in [0.1, 0.15) is 0 Å². The molecule has 1 aliphatic heterocycles. The lowest BCUT2D eigenvalue weighted by molar-refractivity contribution is -0.124. The van der Waals surface area contributed by atoms with Crippen molar-refractivity contribution in [1.29, 1.82) is 0 Å². The van der Waals surface area contributed by atoms with Crippen LogP contribution in [0, 0.1) is 0 Å². The lowest BCUT2D eigenvalue weighted by Gasteiger charge is -2.28. The van der Waals surface area contributed by atoms with E-state index in [4.69, 9.17) is 14.9 Å². The molecule has 0 bridgehead atoms. The maximum absolute atomic E-state index is 11.2. The normalized spacial score (nSPS) is 14.0. The van der Waals surface area contributed by atoms with E-state index >= 15 is 0 Å². The predicted molar refractivity (Wildman–Crippen MR) is 130 cm³/mol. The van der Waals surface area contributed by atoms with Gasteiger partial charge < -0.3 is 19.4 Å². The molecular weight excluding hydrogens is 432 g/mol. The van der Waals surface area contributed by atoms with Gasteiger partial charge in [-0.1, -0.05) is 24.3 Å². The number of hydroxylamine groups is 1. The molecule has 0 unspecified atom stereocenters. The maximum Gasteiger partial charge on any atom is 0.267 e. The lowest BCUT2D eigenvalue weighted by Crippen LogP contribution is -2.36. The second-order valence-corrected chi connectivity index (χ2v) is 7.84. The van der Waals surface area contributed by atoms with Crippen LogP contribution in [0.5, 0.6) is 0 Å². The summed E-state index contributed by atoms with van der Waals surface area (Å²) in [6.45, 7) is 3.30. The number of aromatic nitrogens is 3. The van der Waals surface area contributed by atoms with Crippen LogP contribution in [0.2, 0.25) is 0 Å². The molecule has 172 valence electrons. The number of imidazole rings is 1. The minimum atomic E-state index is -0.579. The van der Waals surface area contributed by atoms with Gasteiger partial charge in [-0.15, -0.1) is 0 Å². The van der Waals surface area contributed by atoms with E-state index < -0.39 is 5.91 Å². The minimum Gasteiger partial charge on any atom is -0.378 e. The molecule has 4 aromatic rings. The van der Waals surface area contributed by atoms with Crippen LogP contribution in [-0.2, 0) is 9.53 Å². The van der Waals surface area contributed by atoms with Crippen LogP contribution in [0.1, 0.15) is 5.56 Å². The number of carbonyl (C=O) groups is 1. The maximum atomic E-state index is 11.2. The van der Waals surface area contributed by atoms with Gasteiger partial charge in [0.15, 0.2) is 11.5 Å². The summed E-state index contributed by atoms with van der Waals surface area (Å²) in [5.41, 5.74) is 6.93. The Morgan fingerprint density at radius 2 is 1.82 bits per heavy atom. The van der Waals surface area contributed by atoms with E-state index in [9.17, 15) is 4.79 Å². The van der Waals surface area contributed by atoms with Gasteiger partial charge in [-0.05, 0) is 35.9 Å². The summed E-state index contributed by atoms with van der Waals surface area (Å²) in [4.78, 5) is 22.8. The van der Waals surface area contributed by atoms with Crippen molar-refractivity contribution in [2.75, 3.05) is 36.5 Å². The average Bonchev–Trinajstić information content (AvgIpc) is 3.38. The van der Waals surface area contributed by atoms with E-state index in [2.05, 4.69) is 27.3 Å². The van der Waals surface area contributed by atoms with E-state index in [0.717, 1.165) is 54.5 Å². The number of nitrogens with one attached hydrogen (secondary N) is 2. The van der Waals surface area contributed by atoms with Crippen LogP contribution < -0.4 is 15.7 Å². The summed E-state index contributed by atoms with van der Waals surface area (Å²) in [7, 11) is 0. The van der Waals surface area contributed by atoms with Crippen LogP contribution in [0.3, 0.4) is 0 Å². The first-order valence-corrected chi connectivity index (χ1v) is 11.0. The molecule has 0 radical (unpaired) electrons. The first-order chi connectivity index (χ1) is 16.7. The van der Waals surface area contributed by atoms with Gasteiger partial charge >= 0.3 is 0 Å². The zero-order valence-corrected chi connectivity index (χ0v) is 18.4. The van der Waals surface area contributed by atoms with Gasteiger partial charge in [-0.25, -0.2) is 15.4 Å². The molecule has 3 N–H and O–H groups in total. The Labute approximate surface area is 196 Å². The first-order valence-electron chi connectivity index (χ1n) is 11.0. The average molecular weight is 457 g/mol. The number of rotatable bonds is 6. The minimum absolute atomic E-state index is 0.579. The summed E-state index contributed by atoms with van der Waals surface area (Å²) in [5.74, 6) is 0.0789. The predicted octanol–water partition coefficient (Wildman–Crippen LogP) is 3.50. The van der Waals surface area contributed by atoms with Crippen molar-refractivity contribution in [3.05, 3.63) is 78.8 Å². The van der Waals surface area contributed by atoms with Gasteiger partial charge in [0.05, 0.1) is 18.9 Å². The van der Waals surface area contributed by atoms with Crippen LogP contribution in [0.15, 0.2) is 73.2 Å². The molecule has 1 fully saturated rings. The number of morpholine rings is 1. The molecule has 3 heterocycles. The molecule has 9 nitrogen and oxygen atoms in total. The molecule has 0 aliphatic carbocycles. The summed E-state index contributed by atoms with van der Waals surface area (Å²) in [6.07, 6.45) is 8.44. The Bertz CT molecular complexity index is 1310. The number of nitrogens with zero attached hydrogens (tertiary/aromatic N) is 4. The van der Waals surface area contributed by atoms with Crippen molar-refractivity contribution in [3.63, 3.8) is 0 Å². The molecule has 2 aromatic heterocycles. The van der Waals surface area contributed by atoms with E-state index in [0.29, 0.717) is 5.82 Å². The van der Waals surface area contributed by atoms with Crippen LogP contribution in [-0.4, -0.2) is 51.8 Å². The first kappa shape index (κ1) is 21.6. The Kier molecular flexibility index (Phi) is 6.19. The van der Waals surface area contributed by atoms with Crippen LogP contribution in [0.25, 0.3) is 23.0 Å². The number of hydrogen-bond acceptors (Lipinski definition) is 7. The highest BCUT2D eigenvalue weighted by Crippen LogP contribution is 2.26. The summed E-state index contributed by atoms with van der Waals surface area (Å²) < 4.78 is 7.37. The van der Waals surface area contributed by atoms with Crippen molar-refractivity contribution in [3.8, 4) is 11.3 Å². The number of carbonyl (C=O) groups excluding carboxylic acids is 1. The van der Waals surface area contributed by atoms with Gasteiger partial charge in [0.2, 0.25) is 0 Å². The highest BCUT2D eigenvalue weighted by Gasteiger charge is 2.12. The van der Waals surface area contributed by atoms with E-state index in [-0.39, 0.29) is 0 Å². The number of benzene rings is 2. The monoisotopic (exact) mass is 456 g/mol. The number of amides is 1. The van der Waals surface area contributed by atoms with Crippen LogP contribution >= 0.6 is 0 Å². The zero-order valence-electron chi connectivity index (χ0n) is 18.4. The summed E-state index contributed by atoms with van der Waals surface area (Å²) >= 11 is 0. The fourth-order valence-electron chi connectivity index (χ4n) is 3.84. The third kappa shape index (κ3) is 4.75. The fourth-order valence-corrected chi connectivity index (χ4v) is 3.84. The topological polar surface area (TPSA) is 104 Å². The molecule has 0 saturated carbocycles. The fraction of sp³-hybridized carbons (Fsp3) is 0.160.